The number of nitriles is 3. The maximum absolute atomic E-state index is 13.0. The van der Waals surface area contributed by atoms with Gasteiger partial charge in [-0.3, -0.25) is 19.9 Å². The van der Waals surface area contributed by atoms with Crippen LogP contribution in [0.25, 0.3) is 82.6 Å². The molecule has 0 fully saturated rings. The van der Waals surface area contributed by atoms with E-state index in [2.05, 4.69) is 54.4 Å². The van der Waals surface area contributed by atoms with Crippen LogP contribution < -0.4 is 0 Å². The molecule has 8 rings (SSSR count). The molecule has 0 aromatic carbocycles. The summed E-state index contributed by atoms with van der Waals surface area (Å²) >= 11 is 3.82. The van der Waals surface area contributed by atoms with Crippen molar-refractivity contribution in [3.8, 4) is 86.3 Å². The second-order valence-electron chi connectivity index (χ2n) is 13.8. The fourth-order valence-corrected chi connectivity index (χ4v) is 6.75. The molecule has 0 unspecified atom stereocenters. The van der Waals surface area contributed by atoms with Gasteiger partial charge in [0.1, 0.15) is 40.2 Å². The normalized spacial score (nSPS) is 10.9. The first-order valence-electron chi connectivity index (χ1n) is 19.3. The molecule has 0 aliphatic rings. The highest BCUT2D eigenvalue weighted by Gasteiger charge is 2.37. The van der Waals surface area contributed by atoms with Gasteiger partial charge in [0.2, 0.25) is 29.1 Å². The van der Waals surface area contributed by atoms with Crippen molar-refractivity contribution in [2.24, 2.45) is 0 Å². The van der Waals surface area contributed by atoms with Gasteiger partial charge in [-0.05, 0) is 62.4 Å². The molecule has 0 saturated heterocycles. The maximum Gasteiger partial charge on any atom is 0.553 e. The third kappa shape index (κ3) is 12.2. The zero-order valence-electron chi connectivity index (χ0n) is 35.7. The molecule has 0 aliphatic carbocycles. The Morgan fingerprint density at radius 3 is 1.23 bits per heavy atom. The lowest BCUT2D eigenvalue weighted by Gasteiger charge is -2.06. The van der Waals surface area contributed by atoms with Crippen LogP contribution in [0.3, 0.4) is 0 Å². The number of alkyl halides is 6. The van der Waals surface area contributed by atoms with Gasteiger partial charge in [0.15, 0.2) is 5.76 Å². The Morgan fingerprint density at radius 1 is 0.549 bits per heavy atom. The molecule has 8 aromatic heterocycles. The summed E-state index contributed by atoms with van der Waals surface area (Å²) in [5.74, 6) is -1.73. The summed E-state index contributed by atoms with van der Waals surface area (Å²) in [5, 5.41) is 26.3. The number of aromatic nitrogens is 8. The number of halogens is 8. The molecule has 8 heterocycles. The third-order valence-corrected chi connectivity index (χ3v) is 9.97. The Bertz CT molecular complexity index is 3420. The van der Waals surface area contributed by atoms with Gasteiger partial charge in [0, 0.05) is 104 Å². The molecule has 0 N–H and O–H groups in total. The average Bonchev–Trinajstić information content (AvgIpc) is 4.16. The standard InChI is InChI=1S/C24H11F3N8O2.C18H9F3I2N4O2.C3H2N2/c1-12-4-5-13(10-32-12)17-19(36-22(34-17)15(8-28)9-29)20-18(35-23(37-20)21(30-2)31-3)14-6-7-16(33-11-14)24(25,26)27;1-8-2-3-9(6-24-8)12-14(28-16(22)26-12)15-13(27-17(23)29-15)10-4-5-11(25-7-10)18(19,20)21;1-5-3-2-4/h4-7,10-11,15,21H,1H3;2-7H,1H3;3H2. The van der Waals surface area contributed by atoms with Gasteiger partial charge in [0.05, 0.1) is 12.1 Å². The zero-order chi connectivity index (χ0) is 51.6. The van der Waals surface area contributed by atoms with Crippen LogP contribution in [0.15, 0.2) is 91.0 Å². The highest BCUT2D eigenvalue weighted by atomic mass is 127. The van der Waals surface area contributed by atoms with Crippen molar-refractivity contribution < 1.29 is 44.0 Å². The molecule has 0 atom stereocenters. The second kappa shape index (κ2) is 22.2. The Morgan fingerprint density at radius 2 is 0.915 bits per heavy atom. The quantitative estimate of drug-likeness (QED) is 0.0595. The van der Waals surface area contributed by atoms with E-state index < -0.39 is 35.8 Å². The lowest BCUT2D eigenvalue weighted by molar-refractivity contribution is -0.141. The predicted molar refractivity (Wildman–Crippen MR) is 249 cm³/mol. The summed E-state index contributed by atoms with van der Waals surface area (Å²) < 4.78 is 101. The van der Waals surface area contributed by atoms with Gasteiger partial charge in [-0.25, -0.2) is 44.4 Å². The minimum absolute atomic E-state index is 0.0139. The molecule has 8 aromatic rings. The molecule has 0 aliphatic heterocycles. The number of rotatable bonds is 8. The lowest BCUT2D eigenvalue weighted by Crippen LogP contribution is -2.07. The van der Waals surface area contributed by atoms with Crippen LogP contribution in [0.2, 0.25) is 0 Å². The van der Waals surface area contributed by atoms with E-state index in [1.165, 1.54) is 12.3 Å². The molecule has 26 heteroatoms. The van der Waals surface area contributed by atoms with Crippen LogP contribution in [-0.4, -0.2) is 46.4 Å². The van der Waals surface area contributed by atoms with Gasteiger partial charge in [-0.1, -0.05) is 0 Å². The highest BCUT2D eigenvalue weighted by Crippen LogP contribution is 2.43. The molecule has 0 bridgehead atoms. The lowest BCUT2D eigenvalue weighted by atomic mass is 10.1. The molecule has 0 amide bonds. The molecule has 0 spiro atoms. The Hall–Kier alpha value is -8.58. The first-order chi connectivity index (χ1) is 33.8. The first kappa shape index (κ1) is 51.8. The summed E-state index contributed by atoms with van der Waals surface area (Å²) in [5.41, 5.74) is 1.78. The van der Waals surface area contributed by atoms with Crippen molar-refractivity contribution in [2.45, 2.75) is 38.3 Å². The van der Waals surface area contributed by atoms with Crippen LogP contribution >= 0.6 is 45.2 Å². The van der Waals surface area contributed by atoms with Gasteiger partial charge in [-0.2, -0.15) is 47.1 Å². The number of pyridine rings is 4. The third-order valence-electron chi connectivity index (χ3n) is 9.05. The van der Waals surface area contributed by atoms with E-state index in [4.69, 9.17) is 42.6 Å². The van der Waals surface area contributed by atoms with Crippen LogP contribution in [0.4, 0.5) is 26.3 Å². The van der Waals surface area contributed by atoms with E-state index in [9.17, 15) is 36.9 Å². The van der Waals surface area contributed by atoms with E-state index in [1.807, 2.05) is 64.2 Å². The predicted octanol–water partition coefficient (Wildman–Crippen LogP) is 12.2. The molecule has 0 saturated carbocycles. The average molecular weight is 1190 g/mol. The zero-order valence-corrected chi connectivity index (χ0v) is 40.0. The summed E-state index contributed by atoms with van der Waals surface area (Å²) in [7, 11) is 0. The molecule has 71 heavy (non-hydrogen) atoms. The van der Waals surface area contributed by atoms with Crippen LogP contribution in [0.1, 0.15) is 46.6 Å². The minimum atomic E-state index is -4.68. The van der Waals surface area contributed by atoms with Crippen molar-refractivity contribution in [3.63, 3.8) is 0 Å². The number of oxazole rings is 4. The summed E-state index contributed by atoms with van der Waals surface area (Å²) in [6, 6.07) is 16.2. The number of hydrogen-bond donors (Lipinski definition) is 0. The SMILES string of the molecule is Cc1ccc(-c2nc(I)oc2-c2oc(I)nc2-c2ccc(C(F)(F)F)nc2)cn1.[C-]#[N+]C([N+]#[C-])c1nc(-c2ccc(C(F)(F)F)nc2)c(-c2oc(C(C#N)C#N)nc2-c2ccc(C)nc2)o1.[C-]#[N+]CC#N. The van der Waals surface area contributed by atoms with E-state index in [0.717, 1.165) is 36.3 Å². The van der Waals surface area contributed by atoms with Crippen molar-refractivity contribution in [3.05, 3.63) is 150 Å². The maximum atomic E-state index is 13.0. The Labute approximate surface area is 423 Å². The molecule has 352 valence electrons. The molecule has 0 radical (unpaired) electrons. The largest absolute Gasteiger partial charge is 0.553 e. The van der Waals surface area contributed by atoms with Crippen molar-refractivity contribution in [1.82, 2.24) is 39.9 Å². The van der Waals surface area contributed by atoms with Crippen LogP contribution in [0.5, 0.6) is 0 Å². The van der Waals surface area contributed by atoms with E-state index in [1.54, 1.807) is 43.5 Å². The fraction of sp³-hybridized carbons (Fsp3) is 0.156. The highest BCUT2D eigenvalue weighted by molar-refractivity contribution is 14.1. The number of aryl methyl sites for hydroxylation is 2. The smallest absolute Gasteiger partial charge is 0.434 e. The molecule has 18 nitrogen and oxygen atoms in total. The topological polar surface area (TPSA) is 240 Å². The first-order valence-corrected chi connectivity index (χ1v) is 21.5. The van der Waals surface area contributed by atoms with Crippen molar-refractivity contribution >= 4 is 45.2 Å². The molecular weight excluding hydrogens is 1170 g/mol. The number of nitrogens with zero attached hydrogens (tertiary/aromatic N) is 14. The Balaban J connectivity index is 0.000000217. The van der Waals surface area contributed by atoms with Gasteiger partial charge >= 0.3 is 24.4 Å². The van der Waals surface area contributed by atoms with Crippen molar-refractivity contribution in [1.29, 1.82) is 15.8 Å². The molecular formula is C45H22F6I2N14O4. The Kier molecular flexibility index (Phi) is 16.2. The number of hydrogen-bond acceptors (Lipinski definition) is 15. The van der Waals surface area contributed by atoms with Crippen LogP contribution in [0, 0.1) is 75.4 Å². The fourth-order valence-electron chi connectivity index (χ4n) is 5.83. The van der Waals surface area contributed by atoms with Gasteiger partial charge in [0.25, 0.3) is 14.3 Å². The van der Waals surface area contributed by atoms with E-state index >= 15 is 0 Å². The van der Waals surface area contributed by atoms with E-state index in [-0.39, 0.29) is 52.6 Å². The van der Waals surface area contributed by atoms with Crippen LogP contribution in [-0.2, 0) is 12.4 Å². The van der Waals surface area contributed by atoms with Gasteiger partial charge in [-0.15, -0.1) is 0 Å². The van der Waals surface area contributed by atoms with E-state index in [0.29, 0.717) is 47.3 Å². The summed E-state index contributed by atoms with van der Waals surface area (Å²) in [4.78, 5) is 41.6. The monoisotopic (exact) mass is 1190 g/mol. The summed E-state index contributed by atoms with van der Waals surface area (Å²) in [6.45, 7) is 24.1. The van der Waals surface area contributed by atoms with Gasteiger partial charge < -0.3 is 22.5 Å². The second-order valence-corrected chi connectivity index (χ2v) is 15.6. The van der Waals surface area contributed by atoms with Crippen molar-refractivity contribution in [2.75, 3.05) is 6.54 Å². The minimum Gasteiger partial charge on any atom is -0.434 e. The summed E-state index contributed by atoms with van der Waals surface area (Å²) in [6.07, 6.45) is -5.53.